The second kappa shape index (κ2) is 6.79. The Balaban J connectivity index is 1.64. The Morgan fingerprint density at radius 3 is 2.96 bits per heavy atom. The molecule has 0 saturated heterocycles. The number of aliphatic hydroxyl groups excluding tert-OH is 1. The first-order chi connectivity index (χ1) is 11.1. The van der Waals surface area contributed by atoms with Crippen LogP contribution in [0.2, 0.25) is 0 Å². The summed E-state index contributed by atoms with van der Waals surface area (Å²) in [7, 11) is 0. The van der Waals surface area contributed by atoms with Crippen LogP contribution in [-0.2, 0) is 11.2 Å². The fourth-order valence-corrected chi connectivity index (χ4v) is 2.83. The molecule has 120 valence electrons. The molecule has 0 heterocycles. The minimum atomic E-state index is -0.469. The summed E-state index contributed by atoms with van der Waals surface area (Å²) in [6, 6.07) is 11.2. The van der Waals surface area contributed by atoms with Crippen LogP contribution in [0.4, 0.5) is 10.1 Å². The summed E-state index contributed by atoms with van der Waals surface area (Å²) in [6.07, 6.45) is 2.00. The molecule has 0 spiro atoms. The number of fused-ring (bicyclic) bond motifs is 1. The zero-order valence-corrected chi connectivity index (χ0v) is 12.6. The van der Waals surface area contributed by atoms with Gasteiger partial charge in [0.15, 0.2) is 6.61 Å². The standard InChI is InChI=1S/C18H18FNO3/c19-12-4-1-5-13(10-12)20-18(22)11-23-17-9-3-6-14-15(17)7-2-8-16(14)21/h1,3-6,9-10,16,21H,2,7-8,11H2,(H,20,22)/t16-/m1/s1. The molecule has 0 fully saturated rings. The Morgan fingerprint density at radius 2 is 2.13 bits per heavy atom. The van der Waals surface area contributed by atoms with Crippen molar-refractivity contribution in [1.29, 1.82) is 0 Å². The molecule has 0 saturated carbocycles. The summed E-state index contributed by atoms with van der Waals surface area (Å²) in [5.74, 6) is -0.143. The van der Waals surface area contributed by atoms with Crippen LogP contribution < -0.4 is 10.1 Å². The highest BCUT2D eigenvalue weighted by Crippen LogP contribution is 2.35. The molecule has 1 amide bonds. The Kier molecular flexibility index (Phi) is 4.57. The van der Waals surface area contributed by atoms with Crippen molar-refractivity contribution < 1.29 is 19.0 Å². The molecule has 1 aliphatic rings. The van der Waals surface area contributed by atoms with Crippen LogP contribution in [-0.4, -0.2) is 17.6 Å². The highest BCUT2D eigenvalue weighted by Gasteiger charge is 2.21. The van der Waals surface area contributed by atoms with Crippen molar-refractivity contribution in [2.24, 2.45) is 0 Å². The van der Waals surface area contributed by atoms with Gasteiger partial charge in [0.25, 0.3) is 5.91 Å². The summed E-state index contributed by atoms with van der Waals surface area (Å²) in [4.78, 5) is 11.9. The van der Waals surface area contributed by atoms with E-state index in [0.717, 1.165) is 30.4 Å². The Morgan fingerprint density at radius 1 is 1.30 bits per heavy atom. The van der Waals surface area contributed by atoms with Crippen molar-refractivity contribution in [3.05, 3.63) is 59.4 Å². The van der Waals surface area contributed by atoms with Gasteiger partial charge in [-0.15, -0.1) is 0 Å². The molecule has 0 aliphatic heterocycles. The van der Waals surface area contributed by atoms with Gasteiger partial charge in [-0.2, -0.15) is 0 Å². The average Bonchev–Trinajstić information content (AvgIpc) is 2.53. The molecule has 2 N–H and O–H groups in total. The van der Waals surface area contributed by atoms with E-state index in [1.807, 2.05) is 12.1 Å². The van der Waals surface area contributed by atoms with Crippen molar-refractivity contribution in [2.75, 3.05) is 11.9 Å². The number of ether oxygens (including phenoxy) is 1. The molecule has 5 heteroatoms. The van der Waals surface area contributed by atoms with E-state index in [4.69, 9.17) is 4.74 Å². The maximum absolute atomic E-state index is 13.1. The molecule has 2 aromatic rings. The molecule has 0 aromatic heterocycles. The average molecular weight is 315 g/mol. The second-order valence-electron chi connectivity index (χ2n) is 5.58. The number of anilines is 1. The minimum absolute atomic E-state index is 0.164. The molecule has 2 aromatic carbocycles. The number of hydrogen-bond acceptors (Lipinski definition) is 3. The van der Waals surface area contributed by atoms with E-state index in [-0.39, 0.29) is 12.5 Å². The van der Waals surface area contributed by atoms with Gasteiger partial charge in [-0.1, -0.05) is 18.2 Å². The highest BCUT2D eigenvalue weighted by atomic mass is 19.1. The van der Waals surface area contributed by atoms with Crippen molar-refractivity contribution in [3.8, 4) is 5.75 Å². The maximum Gasteiger partial charge on any atom is 0.262 e. The topological polar surface area (TPSA) is 58.6 Å². The van der Waals surface area contributed by atoms with E-state index >= 15 is 0 Å². The van der Waals surface area contributed by atoms with Crippen molar-refractivity contribution >= 4 is 11.6 Å². The Hall–Kier alpha value is -2.40. The summed E-state index contributed by atoms with van der Waals surface area (Å²) >= 11 is 0. The third-order valence-electron chi connectivity index (χ3n) is 3.90. The number of rotatable bonds is 4. The molecule has 0 radical (unpaired) electrons. The molecule has 4 nitrogen and oxygen atoms in total. The van der Waals surface area contributed by atoms with Gasteiger partial charge in [0.1, 0.15) is 11.6 Å². The molecule has 3 rings (SSSR count). The van der Waals surface area contributed by atoms with Crippen LogP contribution in [0.25, 0.3) is 0 Å². The molecule has 1 atom stereocenters. The Bertz CT molecular complexity index is 717. The van der Waals surface area contributed by atoms with Crippen LogP contribution in [0.15, 0.2) is 42.5 Å². The fourth-order valence-electron chi connectivity index (χ4n) is 2.83. The van der Waals surface area contributed by atoms with Gasteiger partial charge in [0, 0.05) is 5.69 Å². The predicted octanol–water partition coefficient (Wildman–Crippen LogP) is 3.21. The lowest BCUT2D eigenvalue weighted by Crippen LogP contribution is -2.21. The zero-order valence-electron chi connectivity index (χ0n) is 12.6. The van der Waals surface area contributed by atoms with Gasteiger partial charge < -0.3 is 15.2 Å². The fraction of sp³-hybridized carbons (Fsp3) is 0.278. The molecule has 0 unspecified atom stereocenters. The molecule has 23 heavy (non-hydrogen) atoms. The second-order valence-corrected chi connectivity index (χ2v) is 5.58. The largest absolute Gasteiger partial charge is 0.483 e. The van der Waals surface area contributed by atoms with E-state index in [9.17, 15) is 14.3 Å². The van der Waals surface area contributed by atoms with Crippen molar-refractivity contribution in [2.45, 2.75) is 25.4 Å². The van der Waals surface area contributed by atoms with Gasteiger partial charge >= 0.3 is 0 Å². The third-order valence-corrected chi connectivity index (χ3v) is 3.90. The minimum Gasteiger partial charge on any atom is -0.483 e. The third kappa shape index (κ3) is 3.68. The lowest BCUT2D eigenvalue weighted by atomic mass is 9.89. The van der Waals surface area contributed by atoms with E-state index < -0.39 is 11.9 Å². The van der Waals surface area contributed by atoms with E-state index in [1.165, 1.54) is 18.2 Å². The molecular formula is C18H18FNO3. The van der Waals surface area contributed by atoms with Gasteiger partial charge in [0.05, 0.1) is 6.10 Å². The van der Waals surface area contributed by atoms with Crippen LogP contribution in [0.3, 0.4) is 0 Å². The first-order valence-corrected chi connectivity index (χ1v) is 7.61. The number of carbonyl (C=O) groups is 1. The SMILES string of the molecule is O=C(COc1cccc2c1CCC[C@H]2O)Nc1cccc(F)c1. The van der Waals surface area contributed by atoms with Crippen LogP contribution >= 0.6 is 0 Å². The first kappa shape index (κ1) is 15.5. The van der Waals surface area contributed by atoms with Crippen molar-refractivity contribution in [3.63, 3.8) is 0 Å². The number of hydrogen-bond donors (Lipinski definition) is 2. The van der Waals surface area contributed by atoms with Gasteiger partial charge in [-0.3, -0.25) is 4.79 Å². The summed E-state index contributed by atoms with van der Waals surface area (Å²) in [6.45, 7) is -0.164. The summed E-state index contributed by atoms with van der Waals surface area (Å²) in [5, 5.41) is 12.6. The van der Waals surface area contributed by atoms with E-state index in [0.29, 0.717) is 11.4 Å². The zero-order chi connectivity index (χ0) is 16.2. The molecular weight excluding hydrogens is 297 g/mol. The van der Waals surface area contributed by atoms with Gasteiger partial charge in [-0.25, -0.2) is 4.39 Å². The highest BCUT2D eigenvalue weighted by molar-refractivity contribution is 5.91. The lowest BCUT2D eigenvalue weighted by Gasteiger charge is -2.23. The van der Waals surface area contributed by atoms with Crippen molar-refractivity contribution in [1.82, 2.24) is 0 Å². The van der Waals surface area contributed by atoms with Gasteiger partial charge in [-0.05, 0) is 54.7 Å². The monoisotopic (exact) mass is 315 g/mol. The Labute approximate surface area is 133 Å². The quantitative estimate of drug-likeness (QED) is 0.911. The summed E-state index contributed by atoms with van der Waals surface area (Å²) in [5.41, 5.74) is 2.23. The number of benzene rings is 2. The number of carbonyl (C=O) groups excluding carboxylic acids is 1. The van der Waals surface area contributed by atoms with Crippen LogP contribution in [0.1, 0.15) is 30.1 Å². The van der Waals surface area contributed by atoms with Gasteiger partial charge in [0.2, 0.25) is 0 Å². The smallest absolute Gasteiger partial charge is 0.262 e. The summed E-state index contributed by atoms with van der Waals surface area (Å²) < 4.78 is 18.7. The van der Waals surface area contributed by atoms with Crippen LogP contribution in [0, 0.1) is 5.82 Å². The number of aliphatic hydroxyl groups is 1. The normalized spacial score (nSPS) is 16.5. The number of halogens is 1. The van der Waals surface area contributed by atoms with E-state index in [2.05, 4.69) is 5.32 Å². The number of amides is 1. The molecule has 1 aliphatic carbocycles. The maximum atomic E-state index is 13.1. The number of nitrogens with one attached hydrogen (secondary N) is 1. The van der Waals surface area contributed by atoms with E-state index in [1.54, 1.807) is 12.1 Å². The predicted molar refractivity (Wildman–Crippen MR) is 84.9 cm³/mol. The van der Waals surface area contributed by atoms with Crippen LogP contribution in [0.5, 0.6) is 5.75 Å². The molecule has 0 bridgehead atoms. The first-order valence-electron chi connectivity index (χ1n) is 7.61. The lowest BCUT2D eigenvalue weighted by molar-refractivity contribution is -0.118.